The first-order valence-electron chi connectivity index (χ1n) is 6.77. The van der Waals surface area contributed by atoms with Crippen molar-refractivity contribution in [3.63, 3.8) is 0 Å². The van der Waals surface area contributed by atoms with Crippen LogP contribution in [0.25, 0.3) is 22.5 Å². The van der Waals surface area contributed by atoms with Crippen molar-refractivity contribution >= 4 is 22.7 Å². The van der Waals surface area contributed by atoms with Gasteiger partial charge in [-0.3, -0.25) is 0 Å². The minimum Gasteiger partial charge on any atom is -0.494 e. The summed E-state index contributed by atoms with van der Waals surface area (Å²) in [7, 11) is 1.41. The molecule has 3 aromatic rings. The van der Waals surface area contributed by atoms with Gasteiger partial charge in [-0.15, -0.1) is 0 Å². The molecule has 0 atom stereocenters. The van der Waals surface area contributed by atoms with Gasteiger partial charge in [0.05, 0.1) is 7.11 Å². The number of methoxy groups -OCH3 is 1. The first-order valence-corrected chi connectivity index (χ1v) is 7.15. The van der Waals surface area contributed by atoms with Crippen LogP contribution in [0.4, 0.5) is 4.39 Å². The Labute approximate surface area is 137 Å². The molecule has 0 aliphatic carbocycles. The lowest BCUT2D eigenvalue weighted by Crippen LogP contribution is -1.88. The Hall–Kier alpha value is -2.66. The van der Waals surface area contributed by atoms with Crippen LogP contribution in [0.2, 0.25) is 0 Å². The third kappa shape index (κ3) is 3.40. The van der Waals surface area contributed by atoms with E-state index in [0.717, 1.165) is 5.56 Å². The summed E-state index contributed by atoms with van der Waals surface area (Å²) in [5.41, 5.74) is 1.38. The van der Waals surface area contributed by atoms with E-state index in [1.54, 1.807) is 12.1 Å². The van der Waals surface area contributed by atoms with Crippen molar-refractivity contribution in [2.45, 2.75) is 0 Å². The zero-order valence-corrected chi connectivity index (χ0v) is 12.9. The fourth-order valence-electron chi connectivity index (χ4n) is 2.01. The summed E-state index contributed by atoms with van der Waals surface area (Å²) in [6.07, 6.45) is 1.55. The molecule has 0 N–H and O–H groups in total. The quantitative estimate of drug-likeness (QED) is 0.700. The predicted octanol–water partition coefficient (Wildman–Crippen LogP) is 4.62. The van der Waals surface area contributed by atoms with Crippen molar-refractivity contribution in [1.29, 1.82) is 0 Å². The van der Waals surface area contributed by atoms with Crippen LogP contribution < -0.4 is 4.74 Å². The zero-order chi connectivity index (χ0) is 16.2. The molecule has 1 aromatic heterocycles. The Morgan fingerprint density at radius 1 is 1.22 bits per heavy atom. The summed E-state index contributed by atoms with van der Waals surface area (Å²) in [4.78, 5) is 4.24. The van der Waals surface area contributed by atoms with E-state index in [0.29, 0.717) is 11.4 Å². The van der Waals surface area contributed by atoms with Gasteiger partial charge in [0.25, 0.3) is 5.89 Å². The van der Waals surface area contributed by atoms with Gasteiger partial charge in [0.2, 0.25) is 5.82 Å². The lowest BCUT2D eigenvalue weighted by Gasteiger charge is -2.02. The highest BCUT2D eigenvalue weighted by Gasteiger charge is 2.11. The molecule has 1 heterocycles. The van der Waals surface area contributed by atoms with Crippen LogP contribution in [-0.4, -0.2) is 17.3 Å². The van der Waals surface area contributed by atoms with Crippen LogP contribution in [0.5, 0.6) is 5.75 Å². The first kappa shape index (κ1) is 15.2. The molecule has 0 fully saturated rings. The van der Waals surface area contributed by atoms with Gasteiger partial charge in [0.1, 0.15) is 5.03 Å². The molecule has 3 rings (SSSR count). The normalized spacial score (nSPS) is 11.5. The molecule has 4 nitrogen and oxygen atoms in total. The Morgan fingerprint density at radius 2 is 2.00 bits per heavy atom. The molecule has 0 aliphatic rings. The third-order valence-corrected chi connectivity index (χ3v) is 3.40. The largest absolute Gasteiger partial charge is 0.494 e. The summed E-state index contributed by atoms with van der Waals surface area (Å²) < 4.78 is 23.7. The average Bonchev–Trinajstić information content (AvgIpc) is 3.06. The smallest absolute Gasteiger partial charge is 0.269 e. The van der Waals surface area contributed by atoms with E-state index in [2.05, 4.69) is 10.1 Å². The highest BCUT2D eigenvalue weighted by molar-refractivity contribution is 6.50. The van der Waals surface area contributed by atoms with Crippen molar-refractivity contribution in [2.75, 3.05) is 7.11 Å². The Balaban J connectivity index is 1.87. The van der Waals surface area contributed by atoms with Crippen LogP contribution >= 0.6 is 11.6 Å². The average molecular weight is 331 g/mol. The van der Waals surface area contributed by atoms with Crippen LogP contribution in [0.15, 0.2) is 53.1 Å². The van der Waals surface area contributed by atoms with Crippen LogP contribution in [0.3, 0.4) is 0 Å². The number of nitrogens with zero attached hydrogens (tertiary/aromatic N) is 2. The maximum Gasteiger partial charge on any atom is 0.269 e. The summed E-state index contributed by atoms with van der Waals surface area (Å²) in [5.74, 6) is 0.304. The van der Waals surface area contributed by atoms with Crippen LogP contribution in [0.1, 0.15) is 11.5 Å². The molecule has 116 valence electrons. The highest BCUT2D eigenvalue weighted by atomic mass is 35.5. The highest BCUT2D eigenvalue weighted by Crippen LogP contribution is 2.25. The molecule has 2 aromatic carbocycles. The molecule has 0 saturated heterocycles. The van der Waals surface area contributed by atoms with E-state index in [4.69, 9.17) is 20.9 Å². The SMILES string of the molecule is COc1ccc(/C=C(\Cl)c2nc(-c3ccccc3)no2)cc1F. The lowest BCUT2D eigenvalue weighted by molar-refractivity contribution is 0.386. The minimum atomic E-state index is -0.471. The molecule has 0 unspecified atom stereocenters. The standard InChI is InChI=1S/C17H12ClFN2O2/c1-22-15-8-7-11(10-14(15)19)9-13(18)17-20-16(21-23-17)12-5-3-2-4-6-12/h2-10H,1H3/b13-9-. The number of rotatable bonds is 4. The van der Waals surface area contributed by atoms with Gasteiger partial charge in [0.15, 0.2) is 11.6 Å². The van der Waals surface area contributed by atoms with Gasteiger partial charge < -0.3 is 9.26 Å². The van der Waals surface area contributed by atoms with E-state index in [-0.39, 0.29) is 16.7 Å². The number of benzene rings is 2. The predicted molar refractivity (Wildman–Crippen MR) is 86.4 cm³/mol. The second-order valence-corrected chi connectivity index (χ2v) is 5.08. The summed E-state index contributed by atoms with van der Waals surface area (Å²) >= 11 is 6.18. The monoisotopic (exact) mass is 330 g/mol. The number of hydrogen-bond acceptors (Lipinski definition) is 4. The van der Waals surface area contributed by atoms with Crippen LogP contribution in [-0.2, 0) is 0 Å². The first-order chi connectivity index (χ1) is 11.2. The van der Waals surface area contributed by atoms with E-state index < -0.39 is 5.82 Å². The van der Waals surface area contributed by atoms with Crippen molar-refractivity contribution in [3.8, 4) is 17.1 Å². The Kier molecular flexibility index (Phi) is 4.39. The summed E-state index contributed by atoms with van der Waals surface area (Å²) in [6.45, 7) is 0. The maximum atomic E-state index is 13.7. The second kappa shape index (κ2) is 6.62. The van der Waals surface area contributed by atoms with E-state index in [1.165, 1.54) is 19.2 Å². The molecule has 6 heteroatoms. The summed E-state index contributed by atoms with van der Waals surface area (Å²) in [5, 5.41) is 4.11. The lowest BCUT2D eigenvalue weighted by atomic mass is 10.2. The van der Waals surface area contributed by atoms with E-state index in [1.807, 2.05) is 30.3 Å². The van der Waals surface area contributed by atoms with Gasteiger partial charge in [0, 0.05) is 5.56 Å². The number of halogens is 2. The molecule has 0 saturated carbocycles. The van der Waals surface area contributed by atoms with Gasteiger partial charge in [-0.1, -0.05) is 53.2 Å². The summed E-state index contributed by atoms with van der Waals surface area (Å²) in [6, 6.07) is 13.9. The second-order valence-electron chi connectivity index (χ2n) is 4.68. The van der Waals surface area contributed by atoms with Gasteiger partial charge >= 0.3 is 0 Å². The minimum absolute atomic E-state index is 0.168. The third-order valence-electron chi connectivity index (χ3n) is 3.13. The van der Waals surface area contributed by atoms with Crippen LogP contribution in [0, 0.1) is 5.82 Å². The van der Waals surface area contributed by atoms with Crippen molar-refractivity contribution in [3.05, 3.63) is 65.8 Å². The van der Waals surface area contributed by atoms with Crippen molar-refractivity contribution < 1.29 is 13.7 Å². The molecule has 0 aliphatic heterocycles. The van der Waals surface area contributed by atoms with E-state index in [9.17, 15) is 4.39 Å². The fraction of sp³-hybridized carbons (Fsp3) is 0.0588. The Morgan fingerprint density at radius 3 is 2.70 bits per heavy atom. The molecule has 23 heavy (non-hydrogen) atoms. The van der Waals surface area contributed by atoms with Gasteiger partial charge in [-0.25, -0.2) is 4.39 Å². The number of hydrogen-bond donors (Lipinski definition) is 0. The maximum absolute atomic E-state index is 13.7. The van der Waals surface area contributed by atoms with E-state index >= 15 is 0 Å². The van der Waals surface area contributed by atoms with Crippen molar-refractivity contribution in [2.24, 2.45) is 0 Å². The van der Waals surface area contributed by atoms with Gasteiger partial charge in [-0.2, -0.15) is 4.98 Å². The topological polar surface area (TPSA) is 48.2 Å². The molecular weight excluding hydrogens is 319 g/mol. The molecule has 0 spiro atoms. The molecular formula is C17H12ClFN2O2. The Bertz CT molecular complexity index is 847. The number of ether oxygens (including phenoxy) is 1. The molecule has 0 bridgehead atoms. The zero-order valence-electron chi connectivity index (χ0n) is 12.2. The van der Waals surface area contributed by atoms with Gasteiger partial charge in [-0.05, 0) is 23.8 Å². The number of aromatic nitrogens is 2. The fourth-order valence-corrected chi connectivity index (χ4v) is 2.21. The molecule has 0 radical (unpaired) electrons. The van der Waals surface area contributed by atoms with Crippen molar-refractivity contribution in [1.82, 2.24) is 10.1 Å². The molecule has 0 amide bonds.